The van der Waals surface area contributed by atoms with Gasteiger partial charge in [0.15, 0.2) is 10.6 Å². The predicted octanol–water partition coefficient (Wildman–Crippen LogP) is 4.08. The van der Waals surface area contributed by atoms with E-state index in [4.69, 9.17) is 12.2 Å². The Bertz CT molecular complexity index is 1120. The van der Waals surface area contributed by atoms with Crippen LogP contribution in [-0.4, -0.2) is 32.7 Å². The molecule has 0 spiro atoms. The van der Waals surface area contributed by atoms with E-state index in [1.807, 2.05) is 45.0 Å². The molecular formula is C21H24N6O2S. The summed E-state index contributed by atoms with van der Waals surface area (Å²) in [5.41, 5.74) is 2.94. The van der Waals surface area contributed by atoms with Crippen molar-refractivity contribution in [1.29, 1.82) is 0 Å². The first-order chi connectivity index (χ1) is 14.3. The van der Waals surface area contributed by atoms with Gasteiger partial charge in [-0.1, -0.05) is 35.9 Å². The molecule has 2 aromatic carbocycles. The third-order valence-electron chi connectivity index (χ3n) is 4.21. The number of carbonyl (C=O) groups is 2. The summed E-state index contributed by atoms with van der Waals surface area (Å²) in [4.78, 5) is 24.8. The van der Waals surface area contributed by atoms with Crippen molar-refractivity contribution in [3.63, 3.8) is 0 Å². The molecule has 0 aliphatic carbocycles. The summed E-state index contributed by atoms with van der Waals surface area (Å²) in [6.45, 7) is 5.70. The van der Waals surface area contributed by atoms with Gasteiger partial charge in [-0.25, -0.2) is 4.79 Å². The molecule has 0 bridgehead atoms. The van der Waals surface area contributed by atoms with E-state index in [-0.39, 0.29) is 24.5 Å². The summed E-state index contributed by atoms with van der Waals surface area (Å²) in [7, 11) is 0. The van der Waals surface area contributed by atoms with Crippen molar-refractivity contribution in [3.05, 3.63) is 58.9 Å². The Balaban J connectivity index is 1.77. The van der Waals surface area contributed by atoms with Crippen LogP contribution in [0.2, 0.25) is 0 Å². The monoisotopic (exact) mass is 424 g/mol. The molecule has 3 amide bonds. The zero-order valence-corrected chi connectivity index (χ0v) is 17.8. The summed E-state index contributed by atoms with van der Waals surface area (Å²) in [5.74, 6) is 0.293. The highest BCUT2D eigenvalue weighted by Gasteiger charge is 2.14. The zero-order chi connectivity index (χ0) is 21.7. The number of aryl methyl sites for hydroxylation is 1. The predicted molar refractivity (Wildman–Crippen MR) is 120 cm³/mol. The van der Waals surface area contributed by atoms with Crippen LogP contribution in [0.3, 0.4) is 0 Å². The number of hydrogen-bond acceptors (Lipinski definition) is 4. The number of amides is 3. The van der Waals surface area contributed by atoms with Gasteiger partial charge in [0, 0.05) is 11.6 Å². The number of rotatable bonds is 6. The lowest BCUT2D eigenvalue weighted by atomic mass is 10.1. The number of aromatic nitrogens is 3. The average Bonchev–Trinajstić information content (AvgIpc) is 3.03. The standard InChI is InChI=1S/C21H24N6O2S/c1-13(2)22-20(29)24-17-10-5-4-9-16(17)23-18(28)12-27-19(25-26-21(27)30)15-8-6-7-14(3)11-15/h4-11,13H,12H2,1-3H3,(H,23,28)(H,26,30)(H2,22,24,29). The van der Waals surface area contributed by atoms with Crippen LogP contribution < -0.4 is 16.0 Å². The van der Waals surface area contributed by atoms with Crippen molar-refractivity contribution < 1.29 is 9.59 Å². The molecule has 1 aromatic heterocycles. The first kappa shape index (κ1) is 21.3. The highest BCUT2D eigenvalue weighted by molar-refractivity contribution is 7.71. The van der Waals surface area contributed by atoms with E-state index in [0.29, 0.717) is 22.0 Å². The van der Waals surface area contributed by atoms with Gasteiger partial charge in [0.25, 0.3) is 0 Å². The van der Waals surface area contributed by atoms with Gasteiger partial charge in [0.05, 0.1) is 11.4 Å². The van der Waals surface area contributed by atoms with Gasteiger partial charge in [-0.15, -0.1) is 0 Å². The molecule has 0 saturated carbocycles. The minimum absolute atomic E-state index is 0.00485. The van der Waals surface area contributed by atoms with Crippen LogP contribution in [0.5, 0.6) is 0 Å². The van der Waals surface area contributed by atoms with Crippen LogP contribution in [-0.2, 0) is 11.3 Å². The number of carbonyl (C=O) groups excluding carboxylic acids is 2. The van der Waals surface area contributed by atoms with Crippen LogP contribution in [0.15, 0.2) is 48.5 Å². The Kier molecular flexibility index (Phi) is 6.63. The van der Waals surface area contributed by atoms with Crippen molar-refractivity contribution in [2.45, 2.75) is 33.4 Å². The van der Waals surface area contributed by atoms with E-state index >= 15 is 0 Å². The van der Waals surface area contributed by atoms with E-state index < -0.39 is 0 Å². The number of anilines is 2. The third kappa shape index (κ3) is 5.32. The molecule has 3 rings (SSSR count). The molecule has 0 fully saturated rings. The smallest absolute Gasteiger partial charge is 0.319 e. The highest BCUT2D eigenvalue weighted by Crippen LogP contribution is 2.22. The number of nitrogens with zero attached hydrogens (tertiary/aromatic N) is 2. The number of nitrogens with one attached hydrogen (secondary N) is 4. The zero-order valence-electron chi connectivity index (χ0n) is 17.0. The molecule has 0 aliphatic rings. The average molecular weight is 425 g/mol. The van der Waals surface area contributed by atoms with Crippen LogP contribution in [0, 0.1) is 11.7 Å². The maximum atomic E-state index is 12.8. The van der Waals surface area contributed by atoms with Crippen molar-refractivity contribution in [2.75, 3.05) is 10.6 Å². The van der Waals surface area contributed by atoms with Gasteiger partial charge in [-0.2, -0.15) is 5.10 Å². The fourth-order valence-corrected chi connectivity index (χ4v) is 3.12. The van der Waals surface area contributed by atoms with E-state index in [2.05, 4.69) is 26.1 Å². The molecule has 1 heterocycles. The number of aromatic amines is 1. The summed E-state index contributed by atoms with van der Waals surface area (Å²) in [5, 5.41) is 15.4. The summed E-state index contributed by atoms with van der Waals surface area (Å²) < 4.78 is 1.99. The van der Waals surface area contributed by atoms with Crippen LogP contribution in [0.4, 0.5) is 16.2 Å². The van der Waals surface area contributed by atoms with Gasteiger partial charge in [-0.05, 0) is 51.2 Å². The largest absolute Gasteiger partial charge is 0.336 e. The van der Waals surface area contributed by atoms with Crippen molar-refractivity contribution in [1.82, 2.24) is 20.1 Å². The van der Waals surface area contributed by atoms with E-state index in [1.54, 1.807) is 28.8 Å². The Morgan fingerprint density at radius 2 is 1.80 bits per heavy atom. The van der Waals surface area contributed by atoms with Crippen molar-refractivity contribution >= 4 is 35.5 Å². The lowest BCUT2D eigenvalue weighted by molar-refractivity contribution is -0.116. The second kappa shape index (κ2) is 9.36. The van der Waals surface area contributed by atoms with Crippen molar-refractivity contribution in [2.24, 2.45) is 0 Å². The van der Waals surface area contributed by atoms with Crippen LogP contribution >= 0.6 is 12.2 Å². The van der Waals surface area contributed by atoms with Gasteiger partial charge >= 0.3 is 6.03 Å². The van der Waals surface area contributed by atoms with Gasteiger partial charge in [0.1, 0.15) is 6.54 Å². The summed E-state index contributed by atoms with van der Waals surface area (Å²) in [6.07, 6.45) is 0. The maximum Gasteiger partial charge on any atom is 0.319 e. The van der Waals surface area contributed by atoms with Gasteiger partial charge in [-0.3, -0.25) is 14.5 Å². The fourth-order valence-electron chi connectivity index (χ4n) is 2.92. The first-order valence-corrected chi connectivity index (χ1v) is 9.93. The first-order valence-electron chi connectivity index (χ1n) is 9.52. The molecule has 8 nitrogen and oxygen atoms in total. The molecule has 0 saturated heterocycles. The lowest BCUT2D eigenvalue weighted by Crippen LogP contribution is -2.34. The Hall–Kier alpha value is -3.46. The van der Waals surface area contributed by atoms with Crippen LogP contribution in [0.1, 0.15) is 19.4 Å². The molecule has 30 heavy (non-hydrogen) atoms. The molecule has 0 atom stereocenters. The molecule has 0 aliphatic heterocycles. The molecular weight excluding hydrogens is 400 g/mol. The molecule has 9 heteroatoms. The SMILES string of the molecule is Cc1cccc(-c2n[nH]c(=S)n2CC(=O)Nc2ccccc2NC(=O)NC(C)C)c1. The molecule has 0 radical (unpaired) electrons. The fraction of sp³-hybridized carbons (Fsp3) is 0.238. The number of benzene rings is 2. The van der Waals surface area contributed by atoms with Gasteiger partial charge < -0.3 is 16.0 Å². The highest BCUT2D eigenvalue weighted by atomic mass is 32.1. The quantitative estimate of drug-likeness (QED) is 0.448. The second-order valence-electron chi connectivity index (χ2n) is 7.15. The lowest BCUT2D eigenvalue weighted by Gasteiger charge is -2.14. The minimum atomic E-state index is -0.342. The summed E-state index contributed by atoms with van der Waals surface area (Å²) >= 11 is 5.31. The third-order valence-corrected chi connectivity index (χ3v) is 4.52. The number of H-pyrrole nitrogens is 1. The number of para-hydroxylation sites is 2. The Morgan fingerprint density at radius 3 is 2.47 bits per heavy atom. The minimum Gasteiger partial charge on any atom is -0.336 e. The molecule has 4 N–H and O–H groups in total. The second-order valence-corrected chi connectivity index (χ2v) is 7.54. The van der Waals surface area contributed by atoms with Crippen LogP contribution in [0.25, 0.3) is 11.4 Å². The maximum absolute atomic E-state index is 12.8. The van der Waals surface area contributed by atoms with E-state index in [0.717, 1.165) is 11.1 Å². The summed E-state index contributed by atoms with van der Waals surface area (Å²) in [6, 6.07) is 14.5. The number of urea groups is 1. The van der Waals surface area contributed by atoms with Crippen molar-refractivity contribution in [3.8, 4) is 11.4 Å². The van der Waals surface area contributed by atoms with E-state index in [9.17, 15) is 9.59 Å². The normalized spacial score (nSPS) is 10.7. The van der Waals surface area contributed by atoms with Gasteiger partial charge in [0.2, 0.25) is 5.91 Å². The van der Waals surface area contributed by atoms with E-state index in [1.165, 1.54) is 0 Å². The topological polar surface area (TPSA) is 104 Å². The molecule has 3 aromatic rings. The number of hydrogen-bond donors (Lipinski definition) is 4. The Morgan fingerprint density at radius 1 is 1.10 bits per heavy atom. The molecule has 156 valence electrons. The Labute approximate surface area is 179 Å². The molecule has 0 unspecified atom stereocenters.